The number of aryl methyl sites for hydroxylation is 3. The third kappa shape index (κ3) is 4.39. The molecule has 0 radical (unpaired) electrons. The summed E-state index contributed by atoms with van der Waals surface area (Å²) in [6.45, 7) is 7.56. The minimum atomic E-state index is -3.56. The number of amides is 1. The highest BCUT2D eigenvalue weighted by atomic mass is 35.5. The largest absolute Gasteiger partial charge is 0.317 e. The van der Waals surface area contributed by atoms with E-state index in [0.717, 1.165) is 28.1 Å². The first-order valence-electron chi connectivity index (χ1n) is 10.2. The Bertz CT molecular complexity index is 1310. The molecule has 1 aliphatic heterocycles. The molecular formula is C21H24ClN3O3S3. The quantitative estimate of drug-likeness (QED) is 0.529. The van der Waals surface area contributed by atoms with Gasteiger partial charge in [-0.05, 0) is 69.0 Å². The minimum absolute atomic E-state index is 0.168. The molecule has 1 amide bonds. The number of aromatic nitrogens is 1. The van der Waals surface area contributed by atoms with Gasteiger partial charge in [0, 0.05) is 25.6 Å². The van der Waals surface area contributed by atoms with Crippen LogP contribution in [-0.2, 0) is 21.4 Å². The number of hydrogen-bond acceptors (Lipinski definition) is 5. The molecule has 1 aromatic carbocycles. The number of piperidine rings is 1. The van der Waals surface area contributed by atoms with Gasteiger partial charge in [-0.15, -0.1) is 11.3 Å². The maximum Gasteiger partial charge on any atom is 0.252 e. The van der Waals surface area contributed by atoms with Crippen molar-refractivity contribution < 1.29 is 13.2 Å². The van der Waals surface area contributed by atoms with E-state index in [-0.39, 0.29) is 16.0 Å². The number of benzene rings is 1. The number of sulfonamides is 1. The summed E-state index contributed by atoms with van der Waals surface area (Å²) in [5.41, 5.74) is 3.53. The molecule has 10 heteroatoms. The predicted octanol–water partition coefficient (Wildman–Crippen LogP) is 4.58. The Morgan fingerprint density at radius 1 is 1.16 bits per heavy atom. The van der Waals surface area contributed by atoms with Crippen LogP contribution in [0.3, 0.4) is 0 Å². The summed E-state index contributed by atoms with van der Waals surface area (Å²) in [6, 6.07) is 7.41. The van der Waals surface area contributed by atoms with Gasteiger partial charge in [0.05, 0.1) is 14.6 Å². The molecule has 0 saturated carbocycles. The van der Waals surface area contributed by atoms with Crippen molar-refractivity contribution in [2.45, 2.75) is 44.4 Å². The van der Waals surface area contributed by atoms with E-state index >= 15 is 0 Å². The highest BCUT2D eigenvalue weighted by Gasteiger charge is 2.33. The zero-order chi connectivity index (χ0) is 22.3. The van der Waals surface area contributed by atoms with Gasteiger partial charge in [-0.25, -0.2) is 8.42 Å². The summed E-state index contributed by atoms with van der Waals surface area (Å²) in [4.78, 5) is 18.1. The summed E-state index contributed by atoms with van der Waals surface area (Å²) < 4.78 is 30.9. The molecule has 0 N–H and O–H groups in total. The van der Waals surface area contributed by atoms with E-state index in [1.165, 1.54) is 32.8 Å². The highest BCUT2D eigenvalue weighted by Crippen LogP contribution is 2.31. The van der Waals surface area contributed by atoms with Gasteiger partial charge in [0.25, 0.3) is 15.9 Å². The van der Waals surface area contributed by atoms with Crippen molar-refractivity contribution in [3.05, 3.63) is 44.5 Å². The standard InChI is InChI=1S/C21H24ClN3O3S3/c1-4-25-16-11-13(2)14(3)12-17(16)29-21(25)23-20(26)15-7-9-24(10-8-15)31(27,28)19-6-5-18(22)30-19/h5-6,11-12,15H,4,7-10H2,1-3H3. The lowest BCUT2D eigenvalue weighted by Crippen LogP contribution is -2.40. The summed E-state index contributed by atoms with van der Waals surface area (Å²) in [5.74, 6) is -0.434. The second kappa shape index (κ2) is 8.78. The van der Waals surface area contributed by atoms with Crippen LogP contribution in [-0.4, -0.2) is 36.3 Å². The number of halogens is 1. The van der Waals surface area contributed by atoms with Crippen LogP contribution >= 0.6 is 34.3 Å². The van der Waals surface area contributed by atoms with Crippen LogP contribution in [0.4, 0.5) is 0 Å². The van der Waals surface area contributed by atoms with Crippen molar-refractivity contribution >= 4 is 60.4 Å². The molecule has 0 spiro atoms. The van der Waals surface area contributed by atoms with Gasteiger partial charge in [0.1, 0.15) is 4.21 Å². The molecule has 2 aromatic heterocycles. The van der Waals surface area contributed by atoms with E-state index in [2.05, 4.69) is 35.5 Å². The van der Waals surface area contributed by atoms with Crippen LogP contribution in [0.2, 0.25) is 4.34 Å². The lowest BCUT2D eigenvalue weighted by molar-refractivity contribution is -0.122. The Morgan fingerprint density at radius 3 is 2.45 bits per heavy atom. The van der Waals surface area contributed by atoms with Crippen molar-refractivity contribution in [3.63, 3.8) is 0 Å². The average Bonchev–Trinajstić information content (AvgIpc) is 3.32. The number of hydrogen-bond donors (Lipinski definition) is 0. The summed E-state index contributed by atoms with van der Waals surface area (Å²) in [6.07, 6.45) is 0.936. The molecule has 1 fully saturated rings. The van der Waals surface area contributed by atoms with Gasteiger partial charge < -0.3 is 4.57 Å². The first-order valence-corrected chi connectivity index (χ1v) is 13.6. The Hall–Kier alpha value is -1.52. The van der Waals surface area contributed by atoms with E-state index in [1.54, 1.807) is 6.07 Å². The van der Waals surface area contributed by atoms with Crippen LogP contribution < -0.4 is 4.80 Å². The van der Waals surface area contributed by atoms with Gasteiger partial charge in [-0.1, -0.05) is 22.9 Å². The number of thiazole rings is 1. The third-order valence-electron chi connectivity index (χ3n) is 5.77. The second-order valence-electron chi connectivity index (χ2n) is 7.72. The van der Waals surface area contributed by atoms with E-state index in [1.807, 2.05) is 6.92 Å². The Labute approximate surface area is 194 Å². The molecule has 1 aliphatic rings. The fourth-order valence-corrected chi connectivity index (χ4v) is 8.09. The zero-order valence-corrected chi connectivity index (χ0v) is 20.8. The molecule has 6 nitrogen and oxygen atoms in total. The highest BCUT2D eigenvalue weighted by molar-refractivity contribution is 7.91. The van der Waals surface area contributed by atoms with Gasteiger partial charge >= 0.3 is 0 Å². The number of fused-ring (bicyclic) bond motifs is 1. The van der Waals surface area contributed by atoms with Crippen molar-refractivity contribution in [1.82, 2.24) is 8.87 Å². The fraction of sp³-hybridized carbons (Fsp3) is 0.429. The van der Waals surface area contributed by atoms with Crippen LogP contribution in [0.25, 0.3) is 10.2 Å². The fourth-order valence-electron chi connectivity index (χ4n) is 3.80. The first kappa shape index (κ1) is 22.7. The predicted molar refractivity (Wildman–Crippen MR) is 126 cm³/mol. The van der Waals surface area contributed by atoms with Gasteiger partial charge in [-0.3, -0.25) is 4.79 Å². The number of rotatable bonds is 4. The van der Waals surface area contributed by atoms with E-state index in [0.29, 0.717) is 35.1 Å². The normalized spacial score (nSPS) is 17.0. The van der Waals surface area contributed by atoms with Crippen LogP contribution in [0.5, 0.6) is 0 Å². The minimum Gasteiger partial charge on any atom is -0.317 e. The second-order valence-corrected chi connectivity index (χ2v) is 12.6. The third-order valence-corrected chi connectivity index (χ3v) is 10.4. The maximum absolute atomic E-state index is 12.9. The summed E-state index contributed by atoms with van der Waals surface area (Å²) in [5, 5.41) is 0. The van der Waals surface area contributed by atoms with Crippen molar-refractivity contribution in [2.24, 2.45) is 10.9 Å². The van der Waals surface area contributed by atoms with Gasteiger partial charge in [0.2, 0.25) is 0 Å². The van der Waals surface area contributed by atoms with E-state index < -0.39 is 10.0 Å². The number of nitrogens with zero attached hydrogens (tertiary/aromatic N) is 3. The topological polar surface area (TPSA) is 71.7 Å². The Morgan fingerprint density at radius 2 is 1.84 bits per heavy atom. The van der Waals surface area contributed by atoms with Crippen molar-refractivity contribution in [3.8, 4) is 0 Å². The lowest BCUT2D eigenvalue weighted by Gasteiger charge is -2.29. The smallest absolute Gasteiger partial charge is 0.252 e. The Balaban J connectivity index is 1.54. The zero-order valence-electron chi connectivity index (χ0n) is 17.6. The van der Waals surface area contributed by atoms with Crippen molar-refractivity contribution in [1.29, 1.82) is 0 Å². The van der Waals surface area contributed by atoms with Crippen molar-refractivity contribution in [2.75, 3.05) is 13.1 Å². The summed E-state index contributed by atoms with van der Waals surface area (Å²) in [7, 11) is -3.56. The maximum atomic E-state index is 12.9. The number of carbonyl (C=O) groups is 1. The van der Waals surface area contributed by atoms with Crippen LogP contribution in [0.1, 0.15) is 30.9 Å². The average molecular weight is 498 g/mol. The van der Waals surface area contributed by atoms with Crippen LogP contribution in [0.15, 0.2) is 33.5 Å². The molecule has 0 aliphatic carbocycles. The number of carbonyl (C=O) groups excluding carboxylic acids is 1. The lowest BCUT2D eigenvalue weighted by atomic mass is 9.98. The van der Waals surface area contributed by atoms with Gasteiger partial charge in [-0.2, -0.15) is 9.30 Å². The first-order chi connectivity index (χ1) is 14.7. The molecule has 4 rings (SSSR count). The number of thiophene rings is 1. The molecular weight excluding hydrogens is 474 g/mol. The molecule has 0 atom stereocenters. The van der Waals surface area contributed by atoms with Crippen LogP contribution in [0, 0.1) is 19.8 Å². The molecule has 0 unspecified atom stereocenters. The molecule has 0 bridgehead atoms. The Kier molecular flexibility index (Phi) is 6.42. The molecule has 3 aromatic rings. The van der Waals surface area contributed by atoms with E-state index in [4.69, 9.17) is 11.6 Å². The molecule has 1 saturated heterocycles. The van der Waals surface area contributed by atoms with Gasteiger partial charge in [0.15, 0.2) is 4.80 Å². The van der Waals surface area contributed by atoms with E-state index in [9.17, 15) is 13.2 Å². The SMILES string of the molecule is CCn1c(=NC(=O)C2CCN(S(=O)(=O)c3ccc(Cl)s3)CC2)sc2cc(C)c(C)cc21. The summed E-state index contributed by atoms with van der Waals surface area (Å²) >= 11 is 8.48. The molecule has 3 heterocycles. The monoisotopic (exact) mass is 497 g/mol. The molecule has 166 valence electrons. The molecule has 31 heavy (non-hydrogen) atoms.